The first-order valence-corrected chi connectivity index (χ1v) is 11.0. The molecular formula is C22H25N3O2S. The molecule has 0 spiro atoms. The monoisotopic (exact) mass is 395 g/mol. The average Bonchev–Trinajstić information content (AvgIpc) is 3.22. The minimum Gasteiger partial charge on any atom is -0.382 e. The lowest BCUT2D eigenvalue weighted by Gasteiger charge is -2.30. The van der Waals surface area contributed by atoms with Crippen molar-refractivity contribution in [2.24, 2.45) is 0 Å². The van der Waals surface area contributed by atoms with Crippen LogP contribution >= 0.6 is 0 Å². The number of piperidine rings is 1. The summed E-state index contributed by atoms with van der Waals surface area (Å²) in [5.74, 6) is 0. The second-order valence-corrected chi connectivity index (χ2v) is 9.12. The average molecular weight is 396 g/mol. The molecule has 1 N–H and O–H groups in total. The first-order chi connectivity index (χ1) is 13.5. The quantitative estimate of drug-likeness (QED) is 0.712. The van der Waals surface area contributed by atoms with E-state index in [1.807, 2.05) is 36.4 Å². The van der Waals surface area contributed by atoms with Crippen molar-refractivity contribution in [2.75, 3.05) is 25.5 Å². The second kappa shape index (κ2) is 7.81. The van der Waals surface area contributed by atoms with Crippen molar-refractivity contribution in [3.8, 4) is 11.3 Å². The minimum absolute atomic E-state index is 0.285. The fraction of sp³-hybridized carbons (Fsp3) is 0.273. The molecule has 5 nitrogen and oxygen atoms in total. The van der Waals surface area contributed by atoms with Crippen LogP contribution in [0.5, 0.6) is 0 Å². The van der Waals surface area contributed by atoms with Crippen LogP contribution in [0.1, 0.15) is 12.8 Å². The van der Waals surface area contributed by atoms with Crippen molar-refractivity contribution >= 4 is 15.7 Å². The van der Waals surface area contributed by atoms with Crippen molar-refractivity contribution in [3.05, 3.63) is 72.9 Å². The molecule has 146 valence electrons. The molecule has 0 atom stereocenters. The molecule has 28 heavy (non-hydrogen) atoms. The van der Waals surface area contributed by atoms with Crippen LogP contribution in [0.3, 0.4) is 0 Å². The number of hydrogen-bond acceptors (Lipinski definition) is 4. The topological polar surface area (TPSA) is 54.3 Å². The van der Waals surface area contributed by atoms with Crippen LogP contribution < -0.4 is 5.32 Å². The van der Waals surface area contributed by atoms with Gasteiger partial charge in [-0.05, 0) is 69.4 Å². The summed E-state index contributed by atoms with van der Waals surface area (Å²) in [4.78, 5) is 2.63. The van der Waals surface area contributed by atoms with Gasteiger partial charge in [0.05, 0.1) is 10.6 Å². The number of nitrogens with one attached hydrogen (secondary N) is 1. The number of aromatic nitrogens is 1. The molecule has 1 aromatic heterocycles. The third-order valence-corrected chi connectivity index (χ3v) is 6.96. The smallest absolute Gasteiger partial charge is 0.268 e. The van der Waals surface area contributed by atoms with Gasteiger partial charge in [0.25, 0.3) is 10.0 Å². The van der Waals surface area contributed by atoms with E-state index in [9.17, 15) is 8.42 Å². The first kappa shape index (κ1) is 18.8. The number of benzene rings is 2. The van der Waals surface area contributed by atoms with Gasteiger partial charge in [0.2, 0.25) is 0 Å². The summed E-state index contributed by atoms with van der Waals surface area (Å²) in [6.45, 7) is 2.19. The van der Waals surface area contributed by atoms with Crippen LogP contribution in [0.25, 0.3) is 11.3 Å². The molecule has 6 heteroatoms. The van der Waals surface area contributed by atoms with Gasteiger partial charge in [-0.3, -0.25) is 0 Å². The first-order valence-electron chi connectivity index (χ1n) is 9.57. The fourth-order valence-corrected chi connectivity index (χ4v) is 5.05. The van der Waals surface area contributed by atoms with Crippen LogP contribution in [-0.4, -0.2) is 43.5 Å². The normalized spacial score (nSPS) is 16.2. The highest BCUT2D eigenvalue weighted by molar-refractivity contribution is 7.90. The summed E-state index contributed by atoms with van der Waals surface area (Å²) in [5.41, 5.74) is 2.57. The lowest BCUT2D eigenvalue weighted by molar-refractivity contribution is 0.264. The SMILES string of the molecule is CN1CCC(Nc2cccc(-c3cccn3S(=O)(=O)c3ccccc3)c2)CC1. The van der Waals surface area contributed by atoms with Crippen molar-refractivity contribution < 1.29 is 8.42 Å². The fourth-order valence-electron chi connectivity index (χ4n) is 3.66. The van der Waals surface area contributed by atoms with Crippen LogP contribution in [0.15, 0.2) is 77.8 Å². The van der Waals surface area contributed by atoms with E-state index in [4.69, 9.17) is 0 Å². The molecule has 0 amide bonds. The van der Waals surface area contributed by atoms with E-state index < -0.39 is 10.0 Å². The van der Waals surface area contributed by atoms with Gasteiger partial charge in [-0.1, -0.05) is 30.3 Å². The summed E-state index contributed by atoms with van der Waals surface area (Å²) >= 11 is 0. The molecule has 0 radical (unpaired) electrons. The van der Waals surface area contributed by atoms with Crippen molar-refractivity contribution in [2.45, 2.75) is 23.8 Å². The predicted octanol–water partition coefficient (Wildman–Crippen LogP) is 3.90. The van der Waals surface area contributed by atoms with Crippen LogP contribution in [0, 0.1) is 0 Å². The van der Waals surface area contributed by atoms with E-state index in [1.54, 1.807) is 36.5 Å². The van der Waals surface area contributed by atoms with Crippen LogP contribution in [0.4, 0.5) is 5.69 Å². The van der Waals surface area contributed by atoms with Gasteiger partial charge in [-0.2, -0.15) is 0 Å². The summed E-state index contributed by atoms with van der Waals surface area (Å²) in [5, 5.41) is 3.61. The molecule has 0 bridgehead atoms. The maximum absolute atomic E-state index is 13.1. The largest absolute Gasteiger partial charge is 0.382 e. The third-order valence-electron chi connectivity index (χ3n) is 5.26. The molecule has 2 aromatic carbocycles. The van der Waals surface area contributed by atoms with Crippen molar-refractivity contribution in [3.63, 3.8) is 0 Å². The Morgan fingerprint density at radius 3 is 2.43 bits per heavy atom. The second-order valence-electron chi connectivity index (χ2n) is 7.31. The van der Waals surface area contributed by atoms with E-state index >= 15 is 0 Å². The maximum atomic E-state index is 13.1. The van der Waals surface area contributed by atoms with E-state index in [0.717, 1.165) is 37.2 Å². The van der Waals surface area contributed by atoms with E-state index in [-0.39, 0.29) is 4.90 Å². The highest BCUT2D eigenvalue weighted by Gasteiger charge is 2.20. The van der Waals surface area contributed by atoms with Crippen LogP contribution in [-0.2, 0) is 10.0 Å². The van der Waals surface area contributed by atoms with Crippen molar-refractivity contribution in [1.82, 2.24) is 8.87 Å². The summed E-state index contributed by atoms with van der Waals surface area (Å²) in [7, 11) is -1.48. The maximum Gasteiger partial charge on any atom is 0.268 e. The van der Waals surface area contributed by atoms with E-state index in [2.05, 4.69) is 17.3 Å². The van der Waals surface area contributed by atoms with Gasteiger partial charge in [-0.15, -0.1) is 0 Å². The zero-order chi connectivity index (χ0) is 19.6. The lowest BCUT2D eigenvalue weighted by Crippen LogP contribution is -2.36. The third kappa shape index (κ3) is 3.84. The highest BCUT2D eigenvalue weighted by Crippen LogP contribution is 2.27. The van der Waals surface area contributed by atoms with Crippen LogP contribution in [0.2, 0.25) is 0 Å². The molecule has 4 rings (SSSR count). The number of anilines is 1. The molecule has 0 saturated carbocycles. The Morgan fingerprint density at radius 1 is 0.929 bits per heavy atom. The number of hydrogen-bond donors (Lipinski definition) is 1. The molecule has 2 heterocycles. The van der Waals surface area contributed by atoms with E-state index in [1.165, 1.54) is 3.97 Å². The lowest BCUT2D eigenvalue weighted by atomic mass is 10.0. The Labute approximate surface area is 166 Å². The van der Waals surface area contributed by atoms with Gasteiger partial charge in [-0.25, -0.2) is 12.4 Å². The molecule has 1 aliphatic heterocycles. The molecular weight excluding hydrogens is 370 g/mol. The Bertz CT molecular complexity index is 1040. The predicted molar refractivity (Wildman–Crippen MR) is 113 cm³/mol. The summed E-state index contributed by atoms with van der Waals surface area (Å²) < 4.78 is 27.5. The number of nitrogens with zero attached hydrogens (tertiary/aromatic N) is 2. The Morgan fingerprint density at radius 2 is 1.68 bits per heavy atom. The summed E-state index contributed by atoms with van der Waals surface area (Å²) in [6, 6.07) is 20.6. The Kier molecular flexibility index (Phi) is 5.24. The Balaban J connectivity index is 1.62. The molecule has 1 fully saturated rings. The summed E-state index contributed by atoms with van der Waals surface area (Å²) in [6.07, 6.45) is 3.83. The minimum atomic E-state index is -3.63. The number of rotatable bonds is 5. The molecule has 1 saturated heterocycles. The Hall–Kier alpha value is -2.57. The van der Waals surface area contributed by atoms with Gasteiger partial charge in [0.1, 0.15) is 0 Å². The van der Waals surface area contributed by atoms with E-state index in [0.29, 0.717) is 11.7 Å². The standard InChI is InChI=1S/C22H25N3O2S/c1-24-15-12-19(13-16-24)23-20-8-5-7-18(17-20)22-11-6-14-25(22)28(26,27)21-9-3-2-4-10-21/h2-11,14,17,19,23H,12-13,15-16H2,1H3. The zero-order valence-corrected chi connectivity index (χ0v) is 16.8. The highest BCUT2D eigenvalue weighted by atomic mass is 32.2. The molecule has 1 aliphatic rings. The van der Waals surface area contributed by atoms with Gasteiger partial charge < -0.3 is 10.2 Å². The molecule has 0 aliphatic carbocycles. The zero-order valence-electron chi connectivity index (χ0n) is 16.0. The number of likely N-dealkylation sites (tertiary alicyclic amines) is 1. The van der Waals surface area contributed by atoms with Gasteiger partial charge in [0.15, 0.2) is 0 Å². The van der Waals surface area contributed by atoms with Gasteiger partial charge >= 0.3 is 0 Å². The molecule has 0 unspecified atom stereocenters. The van der Waals surface area contributed by atoms with Crippen molar-refractivity contribution in [1.29, 1.82) is 0 Å². The molecule has 3 aromatic rings. The van der Waals surface area contributed by atoms with Gasteiger partial charge in [0, 0.05) is 23.5 Å².